The molecule has 2 aromatic rings. The Hall–Kier alpha value is -1.31. The third-order valence-electron chi connectivity index (χ3n) is 4.89. The third kappa shape index (κ3) is 3.62. The number of hydrogen-bond acceptors (Lipinski definition) is 6. The van der Waals surface area contributed by atoms with Gasteiger partial charge in [0.2, 0.25) is 0 Å². The van der Waals surface area contributed by atoms with E-state index in [1.807, 2.05) is 5.51 Å². The Labute approximate surface area is 141 Å². The van der Waals surface area contributed by atoms with Crippen molar-refractivity contribution >= 4 is 11.3 Å². The number of thiazole rings is 1. The molecule has 7 heteroatoms. The molecule has 0 radical (unpaired) electrons. The maximum absolute atomic E-state index is 4.46. The molecular weight excluding hydrogens is 308 g/mol. The molecule has 0 unspecified atom stereocenters. The SMILES string of the molecule is c1nc(CN2CCN(Cc3nnc4n3CCCCC4)CC2)cs1. The van der Waals surface area contributed by atoms with Crippen molar-refractivity contribution in [3.8, 4) is 0 Å². The first-order chi connectivity index (χ1) is 11.4. The Bertz CT molecular complexity index is 615. The second-order valence-corrected chi connectivity index (χ2v) is 7.25. The Balaban J connectivity index is 1.32. The predicted molar refractivity (Wildman–Crippen MR) is 90.2 cm³/mol. The van der Waals surface area contributed by atoms with Gasteiger partial charge in [-0.2, -0.15) is 0 Å². The molecule has 0 N–H and O–H groups in total. The lowest BCUT2D eigenvalue weighted by atomic mass is 10.2. The summed E-state index contributed by atoms with van der Waals surface area (Å²) in [5, 5.41) is 11.0. The van der Waals surface area contributed by atoms with E-state index in [4.69, 9.17) is 0 Å². The summed E-state index contributed by atoms with van der Waals surface area (Å²) < 4.78 is 2.37. The number of fused-ring (bicyclic) bond motifs is 1. The van der Waals surface area contributed by atoms with Crippen LogP contribution in [0.25, 0.3) is 0 Å². The van der Waals surface area contributed by atoms with Crippen LogP contribution in [0.4, 0.5) is 0 Å². The lowest BCUT2D eigenvalue weighted by Crippen LogP contribution is -2.45. The average Bonchev–Trinajstić information content (AvgIpc) is 3.14. The van der Waals surface area contributed by atoms with Crippen LogP contribution in [0.15, 0.2) is 10.9 Å². The summed E-state index contributed by atoms with van der Waals surface area (Å²) in [7, 11) is 0. The van der Waals surface area contributed by atoms with E-state index in [0.29, 0.717) is 0 Å². The fraction of sp³-hybridized carbons (Fsp3) is 0.688. The molecule has 6 nitrogen and oxygen atoms in total. The second-order valence-electron chi connectivity index (χ2n) is 6.53. The van der Waals surface area contributed by atoms with Gasteiger partial charge in [0.05, 0.1) is 17.7 Å². The molecule has 1 fully saturated rings. The minimum atomic E-state index is 0.942. The Morgan fingerprint density at radius 2 is 1.74 bits per heavy atom. The molecule has 124 valence electrons. The highest BCUT2D eigenvalue weighted by atomic mass is 32.1. The molecule has 0 amide bonds. The topological polar surface area (TPSA) is 50.1 Å². The fourth-order valence-corrected chi connectivity index (χ4v) is 4.06. The standard InChI is InChI=1S/C16H24N6S/c1-2-4-15-18-19-16(22(15)5-3-1)11-21-8-6-20(7-9-21)10-14-12-23-13-17-14/h12-13H,1-11H2. The molecule has 4 rings (SSSR count). The molecule has 2 aromatic heterocycles. The van der Waals surface area contributed by atoms with Crippen LogP contribution in [0, 0.1) is 0 Å². The summed E-state index contributed by atoms with van der Waals surface area (Å²) >= 11 is 1.68. The van der Waals surface area contributed by atoms with Crippen LogP contribution >= 0.6 is 11.3 Å². The fourth-order valence-electron chi connectivity index (χ4n) is 3.51. The second kappa shape index (κ2) is 7.07. The minimum Gasteiger partial charge on any atom is -0.314 e. The summed E-state index contributed by atoms with van der Waals surface area (Å²) in [6.45, 7) is 7.45. The van der Waals surface area contributed by atoms with Crippen molar-refractivity contribution in [1.29, 1.82) is 0 Å². The summed E-state index contributed by atoms with van der Waals surface area (Å²) in [5.41, 5.74) is 3.12. The van der Waals surface area contributed by atoms with Crippen LogP contribution in [0.1, 0.15) is 36.6 Å². The number of aryl methyl sites for hydroxylation is 1. The van der Waals surface area contributed by atoms with Crippen molar-refractivity contribution in [2.24, 2.45) is 0 Å². The molecule has 2 aliphatic rings. The maximum Gasteiger partial charge on any atom is 0.147 e. The summed E-state index contributed by atoms with van der Waals surface area (Å²) in [6, 6.07) is 0. The first-order valence-corrected chi connectivity index (χ1v) is 9.55. The molecule has 4 heterocycles. The summed E-state index contributed by atoms with van der Waals surface area (Å²) in [4.78, 5) is 9.40. The molecule has 0 atom stereocenters. The first kappa shape index (κ1) is 15.2. The van der Waals surface area contributed by atoms with Gasteiger partial charge in [0.25, 0.3) is 0 Å². The lowest BCUT2D eigenvalue weighted by molar-refractivity contribution is 0.118. The van der Waals surface area contributed by atoms with Crippen molar-refractivity contribution in [2.75, 3.05) is 26.2 Å². The van der Waals surface area contributed by atoms with E-state index in [9.17, 15) is 0 Å². The molecule has 2 aliphatic heterocycles. The van der Waals surface area contributed by atoms with E-state index in [1.165, 1.54) is 30.8 Å². The molecule has 0 aliphatic carbocycles. The molecular formula is C16H24N6S. The highest BCUT2D eigenvalue weighted by Gasteiger charge is 2.21. The molecule has 0 aromatic carbocycles. The summed E-state index contributed by atoms with van der Waals surface area (Å²) in [6.07, 6.45) is 4.93. The van der Waals surface area contributed by atoms with E-state index >= 15 is 0 Å². The number of piperazine rings is 1. The van der Waals surface area contributed by atoms with Crippen molar-refractivity contribution in [3.05, 3.63) is 28.2 Å². The highest BCUT2D eigenvalue weighted by Crippen LogP contribution is 2.16. The van der Waals surface area contributed by atoms with E-state index in [1.54, 1.807) is 11.3 Å². The van der Waals surface area contributed by atoms with E-state index in [-0.39, 0.29) is 0 Å². The van der Waals surface area contributed by atoms with Crippen molar-refractivity contribution in [1.82, 2.24) is 29.5 Å². The van der Waals surface area contributed by atoms with Crippen molar-refractivity contribution in [2.45, 2.75) is 45.3 Å². The van der Waals surface area contributed by atoms with E-state index in [0.717, 1.165) is 58.1 Å². The largest absolute Gasteiger partial charge is 0.314 e. The van der Waals surface area contributed by atoms with Gasteiger partial charge in [0, 0.05) is 51.1 Å². The smallest absolute Gasteiger partial charge is 0.147 e. The van der Waals surface area contributed by atoms with Crippen LogP contribution in [-0.4, -0.2) is 55.7 Å². The normalized spacial score (nSPS) is 20.3. The summed E-state index contributed by atoms with van der Waals surface area (Å²) in [5.74, 6) is 2.36. The van der Waals surface area contributed by atoms with Gasteiger partial charge in [-0.25, -0.2) is 4.98 Å². The number of nitrogens with zero attached hydrogens (tertiary/aromatic N) is 6. The van der Waals surface area contributed by atoms with E-state index in [2.05, 4.69) is 34.9 Å². The first-order valence-electron chi connectivity index (χ1n) is 8.61. The van der Waals surface area contributed by atoms with Gasteiger partial charge in [-0.05, 0) is 12.8 Å². The zero-order chi connectivity index (χ0) is 15.5. The van der Waals surface area contributed by atoms with Gasteiger partial charge in [-0.15, -0.1) is 21.5 Å². The van der Waals surface area contributed by atoms with Gasteiger partial charge in [-0.1, -0.05) is 6.42 Å². The van der Waals surface area contributed by atoms with Crippen LogP contribution in [0.5, 0.6) is 0 Å². The zero-order valence-corrected chi connectivity index (χ0v) is 14.3. The van der Waals surface area contributed by atoms with Crippen molar-refractivity contribution < 1.29 is 0 Å². The molecule has 1 saturated heterocycles. The molecule has 23 heavy (non-hydrogen) atoms. The molecule has 0 bridgehead atoms. The average molecular weight is 332 g/mol. The Morgan fingerprint density at radius 3 is 2.52 bits per heavy atom. The zero-order valence-electron chi connectivity index (χ0n) is 13.5. The van der Waals surface area contributed by atoms with Crippen LogP contribution < -0.4 is 0 Å². The monoisotopic (exact) mass is 332 g/mol. The van der Waals surface area contributed by atoms with Gasteiger partial charge >= 0.3 is 0 Å². The number of aromatic nitrogens is 4. The highest BCUT2D eigenvalue weighted by molar-refractivity contribution is 7.07. The van der Waals surface area contributed by atoms with Gasteiger partial charge in [0.15, 0.2) is 0 Å². The Morgan fingerprint density at radius 1 is 0.913 bits per heavy atom. The lowest BCUT2D eigenvalue weighted by Gasteiger charge is -2.34. The van der Waals surface area contributed by atoms with Crippen LogP contribution in [-0.2, 0) is 26.1 Å². The van der Waals surface area contributed by atoms with Crippen molar-refractivity contribution in [3.63, 3.8) is 0 Å². The predicted octanol–water partition coefficient (Wildman–Crippen LogP) is 1.78. The molecule has 0 spiro atoms. The number of hydrogen-bond donors (Lipinski definition) is 0. The van der Waals surface area contributed by atoms with Crippen LogP contribution in [0.3, 0.4) is 0 Å². The van der Waals surface area contributed by atoms with Crippen LogP contribution in [0.2, 0.25) is 0 Å². The van der Waals surface area contributed by atoms with E-state index < -0.39 is 0 Å². The van der Waals surface area contributed by atoms with Gasteiger partial charge in [-0.3, -0.25) is 9.80 Å². The Kier molecular flexibility index (Phi) is 4.68. The van der Waals surface area contributed by atoms with Gasteiger partial charge < -0.3 is 4.57 Å². The minimum absolute atomic E-state index is 0.942. The maximum atomic E-state index is 4.46. The number of rotatable bonds is 4. The van der Waals surface area contributed by atoms with Gasteiger partial charge in [0.1, 0.15) is 11.6 Å². The third-order valence-corrected chi connectivity index (χ3v) is 5.52. The quantitative estimate of drug-likeness (QED) is 0.854. The molecule has 0 saturated carbocycles.